The zero-order valence-electron chi connectivity index (χ0n) is 15.1. The molecule has 3 heterocycles. The molecule has 9 heteroatoms. The van der Waals surface area contributed by atoms with Crippen LogP contribution in [-0.2, 0) is 16.4 Å². The minimum atomic E-state index is -3.73. The lowest BCUT2D eigenvalue weighted by molar-refractivity contribution is 0.0654. The summed E-state index contributed by atoms with van der Waals surface area (Å²) in [5.74, 6) is -0.775. The number of amides is 2. The van der Waals surface area contributed by atoms with Crippen molar-refractivity contribution >= 4 is 27.5 Å². The third-order valence-electron chi connectivity index (χ3n) is 4.50. The number of anilines is 1. The Bertz CT molecular complexity index is 1140. The Morgan fingerprint density at radius 2 is 1.69 bits per heavy atom. The number of benzene rings is 1. The fourth-order valence-electron chi connectivity index (χ4n) is 3.03. The number of carbonyl (C=O) groups is 2. The maximum Gasteiger partial charge on any atom is 0.280 e. The van der Waals surface area contributed by atoms with Crippen molar-refractivity contribution in [2.24, 2.45) is 0 Å². The lowest BCUT2D eigenvalue weighted by atomic mass is 10.1. The Hall–Kier alpha value is -3.59. The lowest BCUT2D eigenvalue weighted by Crippen LogP contribution is -2.31. The Morgan fingerprint density at radius 3 is 2.38 bits per heavy atom. The Labute approximate surface area is 167 Å². The molecule has 1 N–H and O–H groups in total. The number of rotatable bonds is 6. The van der Waals surface area contributed by atoms with Gasteiger partial charge in [-0.15, -0.1) is 0 Å². The molecule has 0 atom stereocenters. The predicted octanol–water partition coefficient (Wildman–Crippen LogP) is 2.12. The van der Waals surface area contributed by atoms with Crippen molar-refractivity contribution in [2.45, 2.75) is 11.3 Å². The summed E-state index contributed by atoms with van der Waals surface area (Å²) in [6, 6.07) is 12.7. The summed E-state index contributed by atoms with van der Waals surface area (Å²) in [5, 5.41) is 0. The van der Waals surface area contributed by atoms with E-state index >= 15 is 0 Å². The lowest BCUT2D eigenvalue weighted by Gasteiger charge is -2.13. The molecular weight excluding hydrogens is 392 g/mol. The Kier molecular flexibility index (Phi) is 4.81. The number of pyridine rings is 2. The first kappa shape index (κ1) is 18.8. The van der Waals surface area contributed by atoms with Crippen LogP contribution in [0, 0.1) is 0 Å². The molecule has 146 valence electrons. The third-order valence-corrected chi connectivity index (χ3v) is 5.90. The molecule has 0 fully saturated rings. The molecule has 1 aliphatic heterocycles. The number of nitrogens with zero attached hydrogens (tertiary/aromatic N) is 3. The smallest absolute Gasteiger partial charge is 0.278 e. The summed E-state index contributed by atoms with van der Waals surface area (Å²) >= 11 is 0. The summed E-state index contributed by atoms with van der Waals surface area (Å²) in [6.45, 7) is 0.189. The molecule has 3 aromatic rings. The van der Waals surface area contributed by atoms with Crippen LogP contribution in [0.2, 0.25) is 0 Å². The molecule has 0 saturated heterocycles. The summed E-state index contributed by atoms with van der Waals surface area (Å²) < 4.78 is 27.4. The summed E-state index contributed by atoms with van der Waals surface area (Å²) in [4.78, 5) is 33.8. The van der Waals surface area contributed by atoms with Gasteiger partial charge in [-0.3, -0.25) is 29.2 Å². The van der Waals surface area contributed by atoms with Gasteiger partial charge in [0.15, 0.2) is 0 Å². The largest absolute Gasteiger partial charge is 0.280 e. The van der Waals surface area contributed by atoms with Gasteiger partial charge >= 0.3 is 0 Å². The number of aromatic nitrogens is 2. The number of carbonyl (C=O) groups excluding carboxylic acids is 2. The first-order chi connectivity index (χ1) is 14.0. The predicted molar refractivity (Wildman–Crippen MR) is 105 cm³/mol. The molecule has 1 aromatic carbocycles. The molecular formula is C20H16N4O4S. The Morgan fingerprint density at radius 1 is 0.931 bits per heavy atom. The second kappa shape index (κ2) is 7.44. The van der Waals surface area contributed by atoms with Crippen LogP contribution in [0.25, 0.3) is 0 Å². The summed E-state index contributed by atoms with van der Waals surface area (Å²) in [5.41, 5.74) is 1.64. The van der Waals surface area contributed by atoms with E-state index in [-0.39, 0.29) is 23.0 Å². The van der Waals surface area contributed by atoms with Crippen molar-refractivity contribution in [2.75, 3.05) is 11.3 Å². The first-order valence-corrected chi connectivity index (χ1v) is 10.3. The molecule has 2 aromatic heterocycles. The minimum absolute atomic E-state index is 0.107. The molecule has 0 saturated carbocycles. The highest BCUT2D eigenvalue weighted by Gasteiger charge is 2.36. The van der Waals surface area contributed by atoms with Crippen molar-refractivity contribution in [3.8, 4) is 0 Å². The van der Waals surface area contributed by atoms with Crippen molar-refractivity contribution < 1.29 is 18.0 Å². The zero-order chi connectivity index (χ0) is 20.4. The quantitative estimate of drug-likeness (QED) is 0.626. The van der Waals surface area contributed by atoms with Crippen LogP contribution in [-0.4, -0.2) is 41.6 Å². The highest BCUT2D eigenvalue weighted by Crippen LogP contribution is 2.21. The molecule has 0 radical (unpaired) electrons. The maximum absolute atomic E-state index is 12.4. The van der Waals surface area contributed by atoms with Gasteiger partial charge in [0, 0.05) is 18.9 Å². The second-order valence-corrected chi connectivity index (χ2v) is 8.09. The number of hydrogen-bond donors (Lipinski definition) is 1. The highest BCUT2D eigenvalue weighted by atomic mass is 32.2. The number of sulfonamides is 1. The van der Waals surface area contributed by atoms with E-state index in [9.17, 15) is 18.0 Å². The molecule has 0 aliphatic carbocycles. The zero-order valence-corrected chi connectivity index (χ0v) is 16.0. The number of nitrogens with one attached hydrogen (secondary N) is 1. The van der Waals surface area contributed by atoms with Crippen LogP contribution in [0.3, 0.4) is 0 Å². The summed E-state index contributed by atoms with van der Waals surface area (Å²) in [6.07, 6.45) is 4.86. The minimum Gasteiger partial charge on any atom is -0.278 e. The number of hydrogen-bond acceptors (Lipinski definition) is 6. The fraction of sp³-hybridized carbons (Fsp3) is 0.100. The normalized spacial score (nSPS) is 13.4. The number of imide groups is 1. The highest BCUT2D eigenvalue weighted by molar-refractivity contribution is 7.92. The second-order valence-electron chi connectivity index (χ2n) is 6.40. The molecule has 0 unspecified atom stereocenters. The first-order valence-electron chi connectivity index (χ1n) is 8.79. The fourth-order valence-corrected chi connectivity index (χ4v) is 4.07. The molecule has 8 nitrogen and oxygen atoms in total. The monoisotopic (exact) mass is 408 g/mol. The van der Waals surface area contributed by atoms with Crippen LogP contribution in [0.5, 0.6) is 0 Å². The summed E-state index contributed by atoms with van der Waals surface area (Å²) in [7, 11) is -3.73. The van der Waals surface area contributed by atoms with E-state index in [1.807, 2.05) is 0 Å². The standard InChI is InChI=1S/C20H16N4O4S/c25-19-17-4-2-11-22-18(17)20(26)24(19)12-9-14-5-7-16(8-6-14)29(27,28)23-15-3-1-10-21-13-15/h1-8,10-11,13,23H,9,12H2. The third kappa shape index (κ3) is 3.72. The SMILES string of the molecule is O=C1c2cccnc2C(=O)N1CCc1ccc(S(=O)(=O)Nc2cccnc2)cc1. The average molecular weight is 408 g/mol. The Balaban J connectivity index is 1.43. The van der Waals surface area contributed by atoms with Gasteiger partial charge in [0.25, 0.3) is 21.8 Å². The molecule has 0 bridgehead atoms. The van der Waals surface area contributed by atoms with E-state index in [0.29, 0.717) is 17.7 Å². The van der Waals surface area contributed by atoms with Gasteiger partial charge in [0.05, 0.1) is 22.3 Å². The maximum atomic E-state index is 12.4. The molecule has 4 rings (SSSR count). The van der Waals surface area contributed by atoms with E-state index in [1.165, 1.54) is 24.5 Å². The van der Waals surface area contributed by atoms with Crippen molar-refractivity contribution in [1.29, 1.82) is 0 Å². The van der Waals surface area contributed by atoms with Crippen molar-refractivity contribution in [3.05, 3.63) is 83.9 Å². The molecule has 29 heavy (non-hydrogen) atoms. The van der Waals surface area contributed by atoms with E-state index < -0.39 is 15.9 Å². The van der Waals surface area contributed by atoms with Crippen LogP contribution < -0.4 is 4.72 Å². The average Bonchev–Trinajstić information content (AvgIpc) is 2.98. The molecule has 0 spiro atoms. The van der Waals surface area contributed by atoms with E-state index in [1.54, 1.807) is 42.6 Å². The topological polar surface area (TPSA) is 109 Å². The van der Waals surface area contributed by atoms with E-state index in [2.05, 4.69) is 14.7 Å². The van der Waals surface area contributed by atoms with Crippen LogP contribution in [0.15, 0.2) is 72.0 Å². The van der Waals surface area contributed by atoms with Gasteiger partial charge in [0.1, 0.15) is 5.69 Å². The van der Waals surface area contributed by atoms with Crippen molar-refractivity contribution in [1.82, 2.24) is 14.9 Å². The van der Waals surface area contributed by atoms with Crippen LogP contribution >= 0.6 is 0 Å². The van der Waals surface area contributed by atoms with Crippen LogP contribution in [0.1, 0.15) is 26.4 Å². The van der Waals surface area contributed by atoms with Gasteiger partial charge in [0.2, 0.25) is 0 Å². The van der Waals surface area contributed by atoms with E-state index in [0.717, 1.165) is 10.5 Å². The molecule has 1 aliphatic rings. The molecule has 2 amide bonds. The van der Waals surface area contributed by atoms with Gasteiger partial charge in [-0.25, -0.2) is 8.42 Å². The van der Waals surface area contributed by atoms with Gasteiger partial charge in [-0.1, -0.05) is 12.1 Å². The van der Waals surface area contributed by atoms with Gasteiger partial charge < -0.3 is 0 Å². The number of fused-ring (bicyclic) bond motifs is 1. The van der Waals surface area contributed by atoms with E-state index in [4.69, 9.17) is 0 Å². The van der Waals surface area contributed by atoms with Crippen molar-refractivity contribution in [3.63, 3.8) is 0 Å². The van der Waals surface area contributed by atoms with Gasteiger partial charge in [-0.2, -0.15) is 0 Å². The van der Waals surface area contributed by atoms with Gasteiger partial charge in [-0.05, 0) is 48.4 Å². The van der Waals surface area contributed by atoms with Crippen LogP contribution in [0.4, 0.5) is 5.69 Å².